The summed E-state index contributed by atoms with van der Waals surface area (Å²) in [5.74, 6) is -0.600. The number of carboxylic acid groups (broad SMARTS) is 1. The minimum absolute atomic E-state index is 0.0131. The summed E-state index contributed by atoms with van der Waals surface area (Å²) < 4.78 is 0. The van der Waals surface area contributed by atoms with Crippen molar-refractivity contribution in [3.8, 4) is 5.75 Å². The Morgan fingerprint density at radius 1 is 1.29 bits per heavy atom. The Kier molecular flexibility index (Phi) is 5.07. The molecule has 1 saturated heterocycles. The molecule has 0 atom stereocenters. The first kappa shape index (κ1) is 15.6. The number of carbonyl (C=O) groups excluding carboxylic acids is 1. The Bertz CT molecular complexity index is 538. The number of amides is 1. The maximum atomic E-state index is 12.4. The van der Waals surface area contributed by atoms with Crippen LogP contribution in [-0.4, -0.2) is 40.1 Å². The van der Waals surface area contributed by atoms with Crippen LogP contribution in [0.2, 0.25) is 5.02 Å². The number of nitrogens with zero attached hydrogens (tertiary/aromatic N) is 1. The van der Waals surface area contributed by atoms with Crippen LogP contribution >= 0.6 is 11.6 Å². The SMILES string of the molecule is O=C(O)CCC1CCN(C(=O)c2cc(O)ccc2Cl)CC1. The molecule has 0 unspecified atom stereocenters. The van der Waals surface area contributed by atoms with Gasteiger partial charge in [-0.25, -0.2) is 0 Å². The van der Waals surface area contributed by atoms with Crippen LogP contribution in [0.1, 0.15) is 36.0 Å². The molecule has 2 N–H and O–H groups in total. The van der Waals surface area contributed by atoms with E-state index in [0.29, 0.717) is 36.0 Å². The molecular weight excluding hydrogens is 294 g/mol. The van der Waals surface area contributed by atoms with Crippen LogP contribution in [-0.2, 0) is 4.79 Å². The van der Waals surface area contributed by atoms with Gasteiger partial charge in [0, 0.05) is 19.5 Å². The van der Waals surface area contributed by atoms with Crippen LogP contribution in [0.15, 0.2) is 18.2 Å². The fourth-order valence-corrected chi connectivity index (χ4v) is 2.80. The lowest BCUT2D eigenvalue weighted by Crippen LogP contribution is -2.38. The number of carboxylic acids is 1. The highest BCUT2D eigenvalue weighted by Crippen LogP contribution is 2.26. The van der Waals surface area contributed by atoms with Crippen LogP contribution < -0.4 is 0 Å². The summed E-state index contributed by atoms with van der Waals surface area (Å²) in [6.07, 6.45) is 2.44. The Balaban J connectivity index is 1.94. The second-order valence-electron chi connectivity index (χ2n) is 5.33. The van der Waals surface area contributed by atoms with Gasteiger partial charge in [0.2, 0.25) is 0 Å². The zero-order valence-electron chi connectivity index (χ0n) is 11.6. The van der Waals surface area contributed by atoms with E-state index in [-0.39, 0.29) is 18.1 Å². The van der Waals surface area contributed by atoms with Gasteiger partial charge in [-0.2, -0.15) is 0 Å². The molecule has 1 aromatic rings. The van der Waals surface area contributed by atoms with Crippen LogP contribution in [0.25, 0.3) is 0 Å². The molecule has 0 saturated carbocycles. The monoisotopic (exact) mass is 311 g/mol. The Morgan fingerprint density at radius 3 is 2.57 bits per heavy atom. The normalized spacial score (nSPS) is 16.0. The van der Waals surface area contributed by atoms with E-state index in [1.807, 2.05) is 0 Å². The first-order valence-corrected chi connectivity index (χ1v) is 7.34. The second kappa shape index (κ2) is 6.80. The van der Waals surface area contributed by atoms with Crippen molar-refractivity contribution < 1.29 is 19.8 Å². The molecule has 114 valence electrons. The zero-order chi connectivity index (χ0) is 15.4. The van der Waals surface area contributed by atoms with Crippen LogP contribution in [0.3, 0.4) is 0 Å². The highest BCUT2D eigenvalue weighted by atomic mass is 35.5. The molecule has 1 fully saturated rings. The zero-order valence-corrected chi connectivity index (χ0v) is 12.3. The topological polar surface area (TPSA) is 77.8 Å². The summed E-state index contributed by atoms with van der Waals surface area (Å²) in [5, 5.41) is 18.5. The van der Waals surface area contributed by atoms with E-state index >= 15 is 0 Å². The third-order valence-corrected chi connectivity index (χ3v) is 4.18. The number of hydrogen-bond acceptors (Lipinski definition) is 3. The summed E-state index contributed by atoms with van der Waals surface area (Å²) in [5.41, 5.74) is 0.306. The molecule has 1 amide bonds. The highest BCUT2D eigenvalue weighted by molar-refractivity contribution is 6.33. The van der Waals surface area contributed by atoms with Crippen molar-refractivity contribution in [3.05, 3.63) is 28.8 Å². The maximum absolute atomic E-state index is 12.4. The summed E-state index contributed by atoms with van der Waals surface area (Å²) in [6.45, 7) is 1.18. The lowest BCUT2D eigenvalue weighted by Gasteiger charge is -2.32. The number of aliphatic carboxylic acids is 1. The molecule has 0 radical (unpaired) electrons. The van der Waals surface area contributed by atoms with Gasteiger partial charge in [-0.15, -0.1) is 0 Å². The summed E-state index contributed by atoms with van der Waals surface area (Å²) >= 11 is 6.00. The first-order chi connectivity index (χ1) is 9.97. The molecule has 1 aliphatic rings. The van der Waals surface area contributed by atoms with E-state index in [9.17, 15) is 14.7 Å². The van der Waals surface area contributed by atoms with Crippen molar-refractivity contribution >= 4 is 23.5 Å². The van der Waals surface area contributed by atoms with Gasteiger partial charge in [0.15, 0.2) is 0 Å². The summed E-state index contributed by atoms with van der Waals surface area (Å²) in [7, 11) is 0. The fourth-order valence-electron chi connectivity index (χ4n) is 2.60. The highest BCUT2D eigenvalue weighted by Gasteiger charge is 2.25. The molecular formula is C15H18ClNO4. The van der Waals surface area contributed by atoms with Gasteiger partial charge in [0.25, 0.3) is 5.91 Å². The van der Waals surface area contributed by atoms with Crippen molar-refractivity contribution in [1.82, 2.24) is 4.90 Å². The van der Waals surface area contributed by atoms with E-state index in [1.54, 1.807) is 4.90 Å². The van der Waals surface area contributed by atoms with Gasteiger partial charge >= 0.3 is 5.97 Å². The summed E-state index contributed by atoms with van der Waals surface area (Å²) in [4.78, 5) is 24.7. The standard InChI is InChI=1S/C15H18ClNO4/c16-13-3-2-11(18)9-12(13)15(21)17-7-5-10(6-8-17)1-4-14(19)20/h2-3,9-10,18H,1,4-8H2,(H,19,20). The van der Waals surface area contributed by atoms with E-state index in [4.69, 9.17) is 16.7 Å². The Hall–Kier alpha value is -1.75. The molecule has 21 heavy (non-hydrogen) atoms. The van der Waals surface area contributed by atoms with Crippen LogP contribution in [0.5, 0.6) is 5.75 Å². The van der Waals surface area contributed by atoms with Gasteiger partial charge in [-0.05, 0) is 43.4 Å². The number of aromatic hydroxyl groups is 1. The Morgan fingerprint density at radius 2 is 1.95 bits per heavy atom. The molecule has 0 aliphatic carbocycles. The van der Waals surface area contributed by atoms with Crippen molar-refractivity contribution in [2.45, 2.75) is 25.7 Å². The predicted molar refractivity (Wildman–Crippen MR) is 78.6 cm³/mol. The lowest BCUT2D eigenvalue weighted by molar-refractivity contribution is -0.137. The van der Waals surface area contributed by atoms with Crippen molar-refractivity contribution in [3.63, 3.8) is 0 Å². The number of benzene rings is 1. The largest absolute Gasteiger partial charge is 0.508 e. The molecule has 6 heteroatoms. The quantitative estimate of drug-likeness (QED) is 0.896. The fraction of sp³-hybridized carbons (Fsp3) is 0.467. The van der Waals surface area contributed by atoms with E-state index in [0.717, 1.165) is 12.8 Å². The van der Waals surface area contributed by atoms with Crippen LogP contribution in [0, 0.1) is 5.92 Å². The molecule has 0 aromatic heterocycles. The molecule has 1 heterocycles. The summed E-state index contributed by atoms with van der Waals surface area (Å²) in [6, 6.07) is 4.32. The molecule has 1 aliphatic heterocycles. The van der Waals surface area contributed by atoms with Gasteiger partial charge in [0.05, 0.1) is 10.6 Å². The number of hydrogen-bond donors (Lipinski definition) is 2. The number of rotatable bonds is 4. The number of phenols is 1. The molecule has 2 rings (SSSR count). The van der Waals surface area contributed by atoms with Gasteiger partial charge in [-0.1, -0.05) is 11.6 Å². The number of piperidine rings is 1. The first-order valence-electron chi connectivity index (χ1n) is 6.97. The van der Waals surface area contributed by atoms with Gasteiger partial charge < -0.3 is 15.1 Å². The van der Waals surface area contributed by atoms with Crippen molar-refractivity contribution in [2.24, 2.45) is 5.92 Å². The third kappa shape index (κ3) is 4.11. The second-order valence-corrected chi connectivity index (χ2v) is 5.74. The number of phenolic OH excluding ortho intramolecular Hbond substituents is 1. The van der Waals surface area contributed by atoms with Crippen molar-refractivity contribution in [1.29, 1.82) is 0 Å². The smallest absolute Gasteiger partial charge is 0.303 e. The maximum Gasteiger partial charge on any atom is 0.303 e. The van der Waals surface area contributed by atoms with Gasteiger partial charge in [0.1, 0.15) is 5.75 Å². The van der Waals surface area contributed by atoms with E-state index < -0.39 is 5.97 Å². The Labute approximate surface area is 128 Å². The lowest BCUT2D eigenvalue weighted by atomic mass is 9.92. The molecule has 0 spiro atoms. The van der Waals surface area contributed by atoms with Crippen molar-refractivity contribution in [2.75, 3.05) is 13.1 Å². The number of carbonyl (C=O) groups is 2. The minimum atomic E-state index is -0.778. The van der Waals surface area contributed by atoms with Crippen LogP contribution in [0.4, 0.5) is 0 Å². The third-order valence-electron chi connectivity index (χ3n) is 3.85. The van der Waals surface area contributed by atoms with Gasteiger partial charge in [-0.3, -0.25) is 9.59 Å². The molecule has 5 nitrogen and oxygen atoms in total. The molecule has 1 aromatic carbocycles. The minimum Gasteiger partial charge on any atom is -0.508 e. The predicted octanol–water partition coefficient (Wildman–Crippen LogP) is 2.76. The average molecular weight is 312 g/mol. The number of halogens is 1. The van der Waals surface area contributed by atoms with E-state index in [1.165, 1.54) is 18.2 Å². The van der Waals surface area contributed by atoms with E-state index in [2.05, 4.69) is 0 Å². The average Bonchev–Trinajstić information content (AvgIpc) is 2.47. The molecule has 0 bridgehead atoms. The number of likely N-dealkylation sites (tertiary alicyclic amines) is 1.